The zero-order valence-electron chi connectivity index (χ0n) is 14.4. The lowest BCUT2D eigenvalue weighted by molar-refractivity contribution is -0.113. The standard InChI is InChI=1S/C19H16Cl2N2O3S/c1-2-25-15-8-11(9-16-18(24)23-19(22)27-16)7-14(21)17(15)26-10-12-5-3-4-6-13(12)20/h3-9H,2,10H2,1H3,(H2,22,23,24)/b16-9-. The quantitative estimate of drug-likeness (QED) is 0.669. The van der Waals surface area contributed by atoms with E-state index in [9.17, 15) is 4.79 Å². The Kier molecular flexibility index (Phi) is 6.31. The average molecular weight is 423 g/mol. The third kappa shape index (κ3) is 4.77. The summed E-state index contributed by atoms with van der Waals surface area (Å²) in [6.45, 7) is 2.54. The molecule has 8 heteroatoms. The van der Waals surface area contributed by atoms with Crippen LogP contribution in [0.2, 0.25) is 10.0 Å². The second-order valence-corrected chi connectivity index (χ2v) is 7.39. The average Bonchev–Trinajstić information content (AvgIpc) is 2.93. The van der Waals surface area contributed by atoms with E-state index < -0.39 is 0 Å². The van der Waals surface area contributed by atoms with Crippen LogP contribution in [-0.2, 0) is 11.4 Å². The van der Waals surface area contributed by atoms with Gasteiger partial charge in [-0.05, 0) is 48.5 Å². The van der Waals surface area contributed by atoms with Gasteiger partial charge in [-0.1, -0.05) is 41.4 Å². The molecule has 0 spiro atoms. The number of nitrogens with zero attached hydrogens (tertiary/aromatic N) is 1. The largest absolute Gasteiger partial charge is 0.490 e. The van der Waals surface area contributed by atoms with Crippen molar-refractivity contribution >= 4 is 52.1 Å². The zero-order chi connectivity index (χ0) is 19.4. The van der Waals surface area contributed by atoms with Crippen molar-refractivity contribution < 1.29 is 14.3 Å². The Labute approximate surface area is 171 Å². The van der Waals surface area contributed by atoms with E-state index in [0.29, 0.717) is 38.6 Å². The molecule has 0 aromatic heterocycles. The minimum absolute atomic E-state index is 0.224. The van der Waals surface area contributed by atoms with E-state index in [1.807, 2.05) is 25.1 Å². The van der Waals surface area contributed by atoms with Gasteiger partial charge in [-0.2, -0.15) is 4.99 Å². The molecule has 0 saturated heterocycles. The third-order valence-electron chi connectivity index (χ3n) is 3.60. The maximum atomic E-state index is 11.8. The molecule has 1 aliphatic rings. The molecule has 3 rings (SSSR count). The lowest BCUT2D eigenvalue weighted by Gasteiger charge is -2.15. The van der Waals surface area contributed by atoms with Gasteiger partial charge in [-0.3, -0.25) is 4.79 Å². The van der Waals surface area contributed by atoms with Crippen LogP contribution in [0.1, 0.15) is 18.1 Å². The predicted octanol–water partition coefficient (Wildman–Crippen LogP) is 4.90. The second kappa shape index (κ2) is 8.69. The van der Waals surface area contributed by atoms with Gasteiger partial charge in [0.1, 0.15) is 6.61 Å². The van der Waals surface area contributed by atoms with Crippen LogP contribution < -0.4 is 15.2 Å². The number of hydrogen-bond donors (Lipinski definition) is 1. The Morgan fingerprint density at radius 1 is 1.19 bits per heavy atom. The molecular weight excluding hydrogens is 407 g/mol. The molecule has 1 amide bonds. The van der Waals surface area contributed by atoms with Gasteiger partial charge in [0, 0.05) is 10.6 Å². The van der Waals surface area contributed by atoms with Crippen LogP contribution in [-0.4, -0.2) is 17.7 Å². The summed E-state index contributed by atoms with van der Waals surface area (Å²) in [5.41, 5.74) is 7.10. The van der Waals surface area contributed by atoms with Gasteiger partial charge >= 0.3 is 0 Å². The van der Waals surface area contributed by atoms with Crippen LogP contribution in [0.4, 0.5) is 0 Å². The van der Waals surface area contributed by atoms with Crippen molar-refractivity contribution in [3.05, 3.63) is 62.5 Å². The number of aliphatic imine (C=N–C) groups is 1. The van der Waals surface area contributed by atoms with Crippen LogP contribution in [0.3, 0.4) is 0 Å². The summed E-state index contributed by atoms with van der Waals surface area (Å²) in [4.78, 5) is 15.9. The highest BCUT2D eigenvalue weighted by Gasteiger charge is 2.20. The van der Waals surface area contributed by atoms with Gasteiger partial charge in [0.05, 0.1) is 16.5 Å². The van der Waals surface area contributed by atoms with Crippen LogP contribution in [0.25, 0.3) is 6.08 Å². The fraction of sp³-hybridized carbons (Fsp3) is 0.158. The predicted molar refractivity (Wildman–Crippen MR) is 111 cm³/mol. The molecule has 0 bridgehead atoms. The topological polar surface area (TPSA) is 73.9 Å². The highest BCUT2D eigenvalue weighted by atomic mass is 35.5. The van der Waals surface area contributed by atoms with Crippen LogP contribution in [0.15, 0.2) is 46.3 Å². The maximum Gasteiger partial charge on any atom is 0.286 e. The number of carbonyl (C=O) groups excluding carboxylic acids is 1. The molecule has 0 unspecified atom stereocenters. The molecule has 2 aromatic carbocycles. The Morgan fingerprint density at radius 2 is 1.96 bits per heavy atom. The molecule has 0 aliphatic carbocycles. The SMILES string of the molecule is CCOc1cc(/C=C2\SC(N)=NC2=O)cc(Cl)c1OCc1ccccc1Cl. The number of carbonyl (C=O) groups is 1. The number of benzene rings is 2. The molecule has 0 saturated carbocycles. The fourth-order valence-electron chi connectivity index (χ4n) is 2.42. The third-order valence-corrected chi connectivity index (χ3v) is 5.06. The molecule has 0 fully saturated rings. The van der Waals surface area contributed by atoms with Gasteiger partial charge < -0.3 is 15.2 Å². The monoisotopic (exact) mass is 422 g/mol. The molecule has 5 nitrogen and oxygen atoms in total. The van der Waals surface area contributed by atoms with Crippen molar-refractivity contribution in [2.75, 3.05) is 6.61 Å². The Morgan fingerprint density at radius 3 is 2.63 bits per heavy atom. The summed E-state index contributed by atoms with van der Waals surface area (Å²) < 4.78 is 11.5. The number of hydrogen-bond acceptors (Lipinski definition) is 5. The van der Waals surface area contributed by atoms with Crippen molar-refractivity contribution in [1.29, 1.82) is 0 Å². The number of halogens is 2. The van der Waals surface area contributed by atoms with E-state index in [1.54, 1.807) is 24.3 Å². The molecular formula is C19H16Cl2N2O3S. The van der Waals surface area contributed by atoms with Gasteiger partial charge in [-0.15, -0.1) is 0 Å². The molecule has 2 N–H and O–H groups in total. The summed E-state index contributed by atoms with van der Waals surface area (Å²) in [5.74, 6) is 0.528. The first-order valence-electron chi connectivity index (χ1n) is 8.08. The number of amides is 1. The first-order valence-corrected chi connectivity index (χ1v) is 9.65. The fourth-order valence-corrected chi connectivity index (χ4v) is 3.56. The summed E-state index contributed by atoms with van der Waals surface area (Å²) in [6.07, 6.45) is 1.67. The van der Waals surface area contributed by atoms with Gasteiger partial charge in [0.25, 0.3) is 5.91 Å². The smallest absolute Gasteiger partial charge is 0.286 e. The highest BCUT2D eigenvalue weighted by molar-refractivity contribution is 8.18. The van der Waals surface area contributed by atoms with Crippen molar-refractivity contribution in [1.82, 2.24) is 0 Å². The summed E-state index contributed by atoms with van der Waals surface area (Å²) in [7, 11) is 0. The summed E-state index contributed by atoms with van der Waals surface area (Å²) >= 11 is 13.7. The van der Waals surface area contributed by atoms with Gasteiger partial charge in [0.2, 0.25) is 0 Å². The molecule has 0 radical (unpaired) electrons. The highest BCUT2D eigenvalue weighted by Crippen LogP contribution is 2.39. The van der Waals surface area contributed by atoms with E-state index in [4.69, 9.17) is 38.4 Å². The van der Waals surface area contributed by atoms with Crippen LogP contribution in [0.5, 0.6) is 11.5 Å². The summed E-state index contributed by atoms with van der Waals surface area (Å²) in [6, 6.07) is 10.9. The lowest BCUT2D eigenvalue weighted by atomic mass is 10.1. The van der Waals surface area contributed by atoms with E-state index in [1.165, 1.54) is 0 Å². The normalized spacial score (nSPS) is 15.1. The number of amidine groups is 1. The molecule has 140 valence electrons. The minimum Gasteiger partial charge on any atom is -0.490 e. The lowest BCUT2D eigenvalue weighted by Crippen LogP contribution is -2.01. The molecule has 0 atom stereocenters. The number of ether oxygens (including phenoxy) is 2. The van der Waals surface area contributed by atoms with Gasteiger partial charge in [0.15, 0.2) is 16.7 Å². The van der Waals surface area contributed by atoms with Crippen molar-refractivity contribution in [2.24, 2.45) is 10.7 Å². The molecule has 1 aliphatic heterocycles. The van der Waals surface area contributed by atoms with Crippen molar-refractivity contribution in [3.63, 3.8) is 0 Å². The van der Waals surface area contributed by atoms with E-state index in [-0.39, 0.29) is 17.7 Å². The zero-order valence-corrected chi connectivity index (χ0v) is 16.7. The second-order valence-electron chi connectivity index (χ2n) is 5.51. The summed E-state index contributed by atoms with van der Waals surface area (Å²) in [5, 5.41) is 1.20. The van der Waals surface area contributed by atoms with E-state index in [2.05, 4.69) is 4.99 Å². The van der Waals surface area contributed by atoms with Crippen LogP contribution >= 0.6 is 35.0 Å². The molecule has 2 aromatic rings. The van der Waals surface area contributed by atoms with E-state index >= 15 is 0 Å². The Bertz CT molecular complexity index is 945. The molecule has 27 heavy (non-hydrogen) atoms. The van der Waals surface area contributed by atoms with E-state index in [0.717, 1.165) is 17.3 Å². The van der Waals surface area contributed by atoms with Gasteiger partial charge in [-0.25, -0.2) is 0 Å². The van der Waals surface area contributed by atoms with Crippen LogP contribution in [0, 0.1) is 0 Å². The number of thioether (sulfide) groups is 1. The van der Waals surface area contributed by atoms with Crippen molar-refractivity contribution in [3.8, 4) is 11.5 Å². The Hall–Kier alpha value is -2.15. The first kappa shape index (κ1) is 19.6. The molecule has 1 heterocycles. The first-order chi connectivity index (χ1) is 13.0. The maximum absolute atomic E-state index is 11.8. The number of rotatable bonds is 6. The number of nitrogens with two attached hydrogens (primary N) is 1. The van der Waals surface area contributed by atoms with Crippen molar-refractivity contribution in [2.45, 2.75) is 13.5 Å². The Balaban J connectivity index is 1.87. The minimum atomic E-state index is -0.370.